The van der Waals surface area contributed by atoms with E-state index in [9.17, 15) is 14.0 Å². The van der Waals surface area contributed by atoms with E-state index >= 15 is 0 Å². The van der Waals surface area contributed by atoms with E-state index in [1.165, 1.54) is 12.1 Å². The Morgan fingerprint density at radius 3 is 2.29 bits per heavy atom. The maximum absolute atomic E-state index is 14.1. The van der Waals surface area contributed by atoms with Crippen molar-refractivity contribution >= 4 is 29.2 Å². The zero-order valence-corrected chi connectivity index (χ0v) is 15.7. The van der Waals surface area contributed by atoms with Crippen LogP contribution in [0.3, 0.4) is 0 Å². The molecule has 0 radical (unpaired) electrons. The molecule has 142 valence electrons. The first kappa shape index (κ1) is 19.6. The molecular formula is C22H17ClFNO3. The monoisotopic (exact) mass is 397 g/mol. The average molecular weight is 398 g/mol. The van der Waals surface area contributed by atoms with Gasteiger partial charge in [0.2, 0.25) is 6.10 Å². The molecule has 3 aromatic rings. The summed E-state index contributed by atoms with van der Waals surface area (Å²) in [6.45, 7) is 1.93. The first-order chi connectivity index (χ1) is 13.5. The fourth-order valence-corrected chi connectivity index (χ4v) is 2.84. The summed E-state index contributed by atoms with van der Waals surface area (Å²) in [5.41, 5.74) is 1.64. The van der Waals surface area contributed by atoms with Crippen LogP contribution in [0.4, 0.5) is 10.1 Å². The molecule has 0 saturated carbocycles. The number of hydrogen-bond acceptors (Lipinski definition) is 3. The summed E-state index contributed by atoms with van der Waals surface area (Å²) in [7, 11) is 0. The molecule has 1 atom stereocenters. The molecule has 0 aliphatic rings. The number of nitrogens with one attached hydrogen (secondary N) is 1. The third kappa shape index (κ3) is 4.56. The van der Waals surface area contributed by atoms with Crippen molar-refractivity contribution in [3.8, 4) is 0 Å². The predicted octanol–water partition coefficient (Wildman–Crippen LogP) is 5.32. The van der Waals surface area contributed by atoms with Gasteiger partial charge in [-0.25, -0.2) is 9.18 Å². The number of benzene rings is 3. The Kier molecular flexibility index (Phi) is 6.06. The quantitative estimate of drug-likeness (QED) is 0.592. The second kappa shape index (κ2) is 8.67. The van der Waals surface area contributed by atoms with Crippen LogP contribution in [-0.2, 0) is 9.53 Å². The first-order valence-electron chi connectivity index (χ1n) is 8.53. The third-order valence-electron chi connectivity index (χ3n) is 4.05. The van der Waals surface area contributed by atoms with Crippen LogP contribution in [0.2, 0.25) is 5.02 Å². The minimum atomic E-state index is -1.27. The molecule has 3 aromatic carbocycles. The Morgan fingerprint density at radius 2 is 1.64 bits per heavy atom. The fourth-order valence-electron chi connectivity index (χ4n) is 2.60. The van der Waals surface area contributed by atoms with Gasteiger partial charge in [-0.05, 0) is 31.2 Å². The van der Waals surface area contributed by atoms with E-state index in [-0.39, 0.29) is 5.02 Å². The molecule has 3 rings (SSSR count). The second-order valence-corrected chi connectivity index (χ2v) is 6.56. The van der Waals surface area contributed by atoms with E-state index in [0.29, 0.717) is 11.3 Å². The van der Waals surface area contributed by atoms with Crippen molar-refractivity contribution in [2.45, 2.75) is 13.0 Å². The lowest BCUT2D eigenvalue weighted by atomic mass is 10.1. The summed E-state index contributed by atoms with van der Waals surface area (Å²) < 4.78 is 19.4. The Morgan fingerprint density at radius 1 is 0.964 bits per heavy atom. The van der Waals surface area contributed by atoms with Crippen LogP contribution in [0.25, 0.3) is 0 Å². The number of aryl methyl sites for hydroxylation is 1. The van der Waals surface area contributed by atoms with Crippen molar-refractivity contribution in [2.75, 3.05) is 5.32 Å². The van der Waals surface area contributed by atoms with Crippen LogP contribution in [0.15, 0.2) is 72.8 Å². The maximum atomic E-state index is 14.1. The largest absolute Gasteiger partial charge is 0.444 e. The lowest BCUT2D eigenvalue weighted by Gasteiger charge is -2.18. The molecular weight excluding hydrogens is 381 g/mol. The number of rotatable bonds is 5. The average Bonchev–Trinajstić information content (AvgIpc) is 2.68. The van der Waals surface area contributed by atoms with Gasteiger partial charge in [-0.3, -0.25) is 4.79 Å². The van der Waals surface area contributed by atoms with Crippen molar-refractivity contribution < 1.29 is 18.7 Å². The highest BCUT2D eigenvalue weighted by Gasteiger charge is 2.28. The number of anilines is 1. The number of hydrogen-bond donors (Lipinski definition) is 1. The van der Waals surface area contributed by atoms with Gasteiger partial charge in [-0.2, -0.15) is 0 Å². The van der Waals surface area contributed by atoms with E-state index < -0.39 is 29.4 Å². The number of carbonyl (C=O) groups is 2. The molecule has 0 unspecified atom stereocenters. The van der Waals surface area contributed by atoms with Crippen LogP contribution in [-0.4, -0.2) is 11.9 Å². The molecule has 0 fully saturated rings. The van der Waals surface area contributed by atoms with Gasteiger partial charge in [-0.1, -0.05) is 65.7 Å². The summed E-state index contributed by atoms with van der Waals surface area (Å²) in [5, 5.41) is 2.62. The number of carbonyl (C=O) groups excluding carboxylic acids is 2. The minimum Gasteiger partial charge on any atom is -0.444 e. The number of ether oxygens (including phenoxy) is 1. The Balaban J connectivity index is 1.88. The molecule has 28 heavy (non-hydrogen) atoms. The number of halogens is 2. The molecule has 0 aliphatic heterocycles. The van der Waals surface area contributed by atoms with Gasteiger partial charge in [0.1, 0.15) is 11.4 Å². The lowest BCUT2D eigenvalue weighted by molar-refractivity contribution is -0.125. The Bertz CT molecular complexity index is 970. The van der Waals surface area contributed by atoms with Crippen LogP contribution in [0.5, 0.6) is 0 Å². The number of amides is 1. The summed E-state index contributed by atoms with van der Waals surface area (Å²) in [6.07, 6.45) is -1.27. The summed E-state index contributed by atoms with van der Waals surface area (Å²) >= 11 is 5.94. The molecule has 0 spiro atoms. The van der Waals surface area contributed by atoms with Gasteiger partial charge in [0.25, 0.3) is 5.91 Å². The zero-order chi connectivity index (χ0) is 20.1. The van der Waals surface area contributed by atoms with E-state index in [1.54, 1.807) is 42.5 Å². The molecule has 0 aromatic heterocycles. The molecule has 1 amide bonds. The van der Waals surface area contributed by atoms with Gasteiger partial charge in [0.15, 0.2) is 0 Å². The third-order valence-corrected chi connectivity index (χ3v) is 4.37. The topological polar surface area (TPSA) is 55.4 Å². The molecule has 1 N–H and O–H groups in total. The Labute approximate surface area is 166 Å². The summed E-state index contributed by atoms with van der Waals surface area (Å²) in [4.78, 5) is 25.4. The van der Waals surface area contributed by atoms with Gasteiger partial charge < -0.3 is 10.1 Å². The van der Waals surface area contributed by atoms with Crippen molar-refractivity contribution in [3.63, 3.8) is 0 Å². The van der Waals surface area contributed by atoms with Crippen molar-refractivity contribution in [1.29, 1.82) is 0 Å². The van der Waals surface area contributed by atoms with E-state index in [2.05, 4.69) is 5.32 Å². The van der Waals surface area contributed by atoms with E-state index in [0.717, 1.165) is 11.6 Å². The molecule has 4 nitrogen and oxygen atoms in total. The zero-order valence-electron chi connectivity index (χ0n) is 15.0. The highest BCUT2D eigenvalue weighted by Crippen LogP contribution is 2.25. The smallest absolute Gasteiger partial charge is 0.343 e. The van der Waals surface area contributed by atoms with Crippen LogP contribution in [0.1, 0.15) is 27.6 Å². The molecule has 0 aliphatic carbocycles. The van der Waals surface area contributed by atoms with Crippen molar-refractivity contribution in [3.05, 3.63) is 100 Å². The van der Waals surface area contributed by atoms with Crippen LogP contribution in [0, 0.1) is 12.7 Å². The first-order valence-corrected chi connectivity index (χ1v) is 8.91. The summed E-state index contributed by atoms with van der Waals surface area (Å²) in [5.74, 6) is -2.39. The standard InChI is InChI=1S/C22H17ClFNO3/c1-14-10-12-16(13-11-14)25-21(26)20(15-6-3-2-4-7-15)28-22(27)19-17(23)8-5-9-18(19)24/h2-13,20H,1H3,(H,25,26)/t20-/m1/s1. The summed E-state index contributed by atoms with van der Waals surface area (Å²) in [6, 6.07) is 19.5. The van der Waals surface area contributed by atoms with E-state index in [4.69, 9.17) is 16.3 Å². The van der Waals surface area contributed by atoms with Gasteiger partial charge in [-0.15, -0.1) is 0 Å². The second-order valence-electron chi connectivity index (χ2n) is 6.15. The molecule has 0 heterocycles. The highest BCUT2D eigenvalue weighted by atomic mass is 35.5. The molecule has 0 saturated heterocycles. The van der Waals surface area contributed by atoms with Crippen molar-refractivity contribution in [1.82, 2.24) is 0 Å². The van der Waals surface area contributed by atoms with Gasteiger partial charge in [0, 0.05) is 11.3 Å². The number of esters is 1. The molecule has 6 heteroatoms. The van der Waals surface area contributed by atoms with E-state index in [1.807, 2.05) is 19.1 Å². The van der Waals surface area contributed by atoms with Crippen LogP contribution < -0.4 is 5.32 Å². The predicted molar refractivity (Wildman–Crippen MR) is 106 cm³/mol. The normalized spacial score (nSPS) is 11.5. The fraction of sp³-hybridized carbons (Fsp3) is 0.0909. The maximum Gasteiger partial charge on any atom is 0.343 e. The lowest BCUT2D eigenvalue weighted by Crippen LogP contribution is -2.26. The van der Waals surface area contributed by atoms with Crippen molar-refractivity contribution in [2.24, 2.45) is 0 Å². The minimum absolute atomic E-state index is 0.0873. The Hall–Kier alpha value is -3.18. The van der Waals surface area contributed by atoms with Crippen LogP contribution >= 0.6 is 11.6 Å². The molecule has 0 bridgehead atoms. The highest BCUT2D eigenvalue weighted by molar-refractivity contribution is 6.33. The van der Waals surface area contributed by atoms with Gasteiger partial charge in [0.05, 0.1) is 5.02 Å². The SMILES string of the molecule is Cc1ccc(NC(=O)[C@H](OC(=O)c2c(F)cccc2Cl)c2ccccc2)cc1. The van der Waals surface area contributed by atoms with Gasteiger partial charge >= 0.3 is 5.97 Å².